The Hall–Kier alpha value is 0.586. The summed E-state index contributed by atoms with van der Waals surface area (Å²) in [6, 6.07) is 0. The molecule has 8 heavy (non-hydrogen) atoms. The van der Waals surface area contributed by atoms with Crippen LogP contribution in [-0.2, 0) is 0 Å². The SMILES string of the molecule is [CH2-]c1cnccn1.[K+]. The third-order valence-electron chi connectivity index (χ3n) is 0.617. The average molecular weight is 132 g/mol. The fourth-order valence-corrected chi connectivity index (χ4v) is 0.330. The number of rotatable bonds is 0. The standard InChI is InChI=1S/C5H5N2.K/c1-5-4-6-2-3-7-5;/h2-4H,1H2;/q-1;+1. The van der Waals surface area contributed by atoms with Crippen molar-refractivity contribution >= 4 is 0 Å². The van der Waals surface area contributed by atoms with Gasteiger partial charge in [0.05, 0.1) is 0 Å². The van der Waals surface area contributed by atoms with Crippen molar-refractivity contribution in [2.45, 2.75) is 0 Å². The van der Waals surface area contributed by atoms with Crippen LogP contribution in [0.3, 0.4) is 0 Å². The largest absolute Gasteiger partial charge is 1.00 e. The van der Waals surface area contributed by atoms with Gasteiger partial charge in [0.2, 0.25) is 0 Å². The van der Waals surface area contributed by atoms with Crippen LogP contribution in [0.1, 0.15) is 5.69 Å². The number of hydrogen-bond donors (Lipinski definition) is 0. The van der Waals surface area contributed by atoms with Gasteiger partial charge in [0.1, 0.15) is 0 Å². The maximum Gasteiger partial charge on any atom is 1.00 e. The monoisotopic (exact) mass is 132 g/mol. The second-order valence-corrected chi connectivity index (χ2v) is 1.20. The van der Waals surface area contributed by atoms with Crippen molar-refractivity contribution in [2.24, 2.45) is 0 Å². The Balaban J connectivity index is 0.000000490. The molecule has 0 saturated heterocycles. The second kappa shape index (κ2) is 4.46. The van der Waals surface area contributed by atoms with Crippen molar-refractivity contribution < 1.29 is 51.4 Å². The number of hydrogen-bond acceptors (Lipinski definition) is 2. The van der Waals surface area contributed by atoms with Gasteiger partial charge < -0.3 is 4.98 Å². The quantitative estimate of drug-likeness (QED) is 0.292. The predicted octanol–water partition coefficient (Wildman–Crippen LogP) is -2.34. The molecule has 0 aromatic carbocycles. The normalized spacial score (nSPS) is 7.50. The Labute approximate surface area is 91.2 Å². The van der Waals surface area contributed by atoms with Crippen LogP contribution >= 0.6 is 0 Å². The van der Waals surface area contributed by atoms with Gasteiger partial charge in [-0.25, -0.2) is 6.92 Å². The van der Waals surface area contributed by atoms with E-state index in [1.54, 1.807) is 18.6 Å². The van der Waals surface area contributed by atoms with Crippen LogP contribution < -0.4 is 51.4 Å². The Morgan fingerprint density at radius 3 is 2.38 bits per heavy atom. The molecule has 1 aromatic heterocycles. The van der Waals surface area contributed by atoms with Crippen molar-refractivity contribution in [1.82, 2.24) is 9.97 Å². The average Bonchev–Trinajstić information content (AvgIpc) is 1.69. The summed E-state index contributed by atoms with van der Waals surface area (Å²) in [7, 11) is 0. The summed E-state index contributed by atoms with van der Waals surface area (Å²) in [4.78, 5) is 7.56. The minimum Gasteiger partial charge on any atom is -0.355 e. The molecule has 0 fully saturated rings. The summed E-state index contributed by atoms with van der Waals surface area (Å²) in [6.07, 6.45) is 4.84. The fraction of sp³-hybridized carbons (Fsp3) is 0. The molecule has 0 aliphatic rings. The molecule has 0 atom stereocenters. The Morgan fingerprint density at radius 1 is 1.38 bits per heavy atom. The van der Waals surface area contributed by atoms with Crippen molar-refractivity contribution in [1.29, 1.82) is 0 Å². The van der Waals surface area contributed by atoms with Crippen LogP contribution in [0.4, 0.5) is 0 Å². The van der Waals surface area contributed by atoms with Crippen LogP contribution in [0.25, 0.3) is 0 Å². The molecule has 1 heterocycles. The van der Waals surface area contributed by atoms with E-state index in [0.29, 0.717) is 5.69 Å². The van der Waals surface area contributed by atoms with Gasteiger partial charge in [-0.05, 0) is 0 Å². The van der Waals surface area contributed by atoms with E-state index in [-0.39, 0.29) is 51.4 Å². The molecule has 0 spiro atoms. The van der Waals surface area contributed by atoms with E-state index >= 15 is 0 Å². The van der Waals surface area contributed by atoms with Gasteiger partial charge in [0.25, 0.3) is 0 Å². The maximum atomic E-state index is 3.81. The topological polar surface area (TPSA) is 25.8 Å². The summed E-state index contributed by atoms with van der Waals surface area (Å²) in [5.74, 6) is 0. The van der Waals surface area contributed by atoms with Crippen molar-refractivity contribution in [3.8, 4) is 0 Å². The molecule has 0 unspecified atom stereocenters. The van der Waals surface area contributed by atoms with Crippen molar-refractivity contribution in [2.75, 3.05) is 0 Å². The van der Waals surface area contributed by atoms with E-state index in [1.807, 2.05) is 0 Å². The maximum absolute atomic E-state index is 3.81. The minimum atomic E-state index is 0. The summed E-state index contributed by atoms with van der Waals surface area (Å²) in [6.45, 7) is 3.55. The van der Waals surface area contributed by atoms with E-state index in [9.17, 15) is 0 Å². The molecule has 1 rings (SSSR count). The third-order valence-corrected chi connectivity index (χ3v) is 0.617. The molecule has 3 heteroatoms. The van der Waals surface area contributed by atoms with E-state index < -0.39 is 0 Å². The molecule has 1 aromatic rings. The van der Waals surface area contributed by atoms with Crippen molar-refractivity contribution in [3.63, 3.8) is 0 Å². The molecular weight excluding hydrogens is 127 g/mol. The molecule has 0 aliphatic carbocycles. The molecule has 0 bridgehead atoms. The zero-order chi connectivity index (χ0) is 5.11. The molecule has 36 valence electrons. The Bertz CT molecular complexity index is 140. The number of aromatic nitrogens is 2. The zero-order valence-electron chi connectivity index (χ0n) is 4.83. The smallest absolute Gasteiger partial charge is 0.355 e. The Morgan fingerprint density at radius 2 is 2.12 bits per heavy atom. The van der Waals surface area contributed by atoms with Gasteiger partial charge >= 0.3 is 51.4 Å². The first-order valence-electron chi connectivity index (χ1n) is 1.97. The summed E-state index contributed by atoms with van der Waals surface area (Å²) < 4.78 is 0. The summed E-state index contributed by atoms with van der Waals surface area (Å²) in [5.41, 5.74) is 0.711. The van der Waals surface area contributed by atoms with E-state index in [4.69, 9.17) is 0 Å². The molecule has 0 N–H and O–H groups in total. The molecule has 0 radical (unpaired) electrons. The third kappa shape index (κ3) is 2.79. The minimum absolute atomic E-state index is 0. The van der Waals surface area contributed by atoms with Crippen LogP contribution in [0, 0.1) is 6.92 Å². The van der Waals surface area contributed by atoms with Crippen LogP contribution in [-0.4, -0.2) is 9.97 Å². The summed E-state index contributed by atoms with van der Waals surface area (Å²) in [5, 5.41) is 0. The second-order valence-electron chi connectivity index (χ2n) is 1.20. The van der Waals surface area contributed by atoms with Gasteiger partial charge in [-0.15, -0.1) is 0 Å². The van der Waals surface area contributed by atoms with Gasteiger partial charge in [0, 0.05) is 12.4 Å². The fourth-order valence-electron chi connectivity index (χ4n) is 0.330. The van der Waals surface area contributed by atoms with E-state index in [1.165, 1.54) is 0 Å². The van der Waals surface area contributed by atoms with Crippen LogP contribution in [0.5, 0.6) is 0 Å². The van der Waals surface area contributed by atoms with Crippen LogP contribution in [0.15, 0.2) is 18.6 Å². The molecule has 0 aliphatic heterocycles. The van der Waals surface area contributed by atoms with E-state index in [2.05, 4.69) is 16.9 Å². The van der Waals surface area contributed by atoms with Gasteiger partial charge in [-0.2, -0.15) is 0 Å². The first kappa shape index (κ1) is 8.59. The van der Waals surface area contributed by atoms with Crippen molar-refractivity contribution in [3.05, 3.63) is 31.2 Å². The summed E-state index contributed by atoms with van der Waals surface area (Å²) >= 11 is 0. The predicted molar refractivity (Wildman–Crippen MR) is 26.5 cm³/mol. The van der Waals surface area contributed by atoms with Gasteiger partial charge in [-0.3, -0.25) is 4.98 Å². The van der Waals surface area contributed by atoms with Gasteiger partial charge in [0.15, 0.2) is 0 Å². The molecule has 0 amide bonds. The van der Waals surface area contributed by atoms with Crippen LogP contribution in [0.2, 0.25) is 0 Å². The van der Waals surface area contributed by atoms with Gasteiger partial charge in [-0.1, -0.05) is 11.9 Å². The first-order valence-corrected chi connectivity index (χ1v) is 1.97. The molecular formula is C5H5KN2. The first-order chi connectivity index (χ1) is 3.39. The zero-order valence-corrected chi connectivity index (χ0v) is 7.96. The Kier molecular flexibility index (Phi) is 4.79. The molecule has 0 saturated carbocycles. The van der Waals surface area contributed by atoms with E-state index in [0.717, 1.165) is 0 Å². The molecule has 2 nitrogen and oxygen atoms in total. The number of nitrogens with zero attached hydrogens (tertiary/aromatic N) is 2.